The zero-order valence-corrected chi connectivity index (χ0v) is 14.1. The smallest absolute Gasteiger partial charge is 0.321 e. The summed E-state index contributed by atoms with van der Waals surface area (Å²) in [4.78, 5) is 22.0. The Hall–Kier alpha value is -2.23. The Kier molecular flexibility index (Phi) is 14.6. The van der Waals surface area contributed by atoms with Gasteiger partial charge in [-0.3, -0.25) is 9.59 Å². The van der Waals surface area contributed by atoms with Gasteiger partial charge >= 0.3 is 5.97 Å². The van der Waals surface area contributed by atoms with Crippen molar-refractivity contribution >= 4 is 23.4 Å². The maximum atomic E-state index is 11.3. The lowest BCUT2D eigenvalue weighted by Crippen LogP contribution is -2.04. The molecule has 3 nitrogen and oxygen atoms in total. The highest BCUT2D eigenvalue weighted by Crippen LogP contribution is 1.98. The first-order chi connectivity index (χ1) is 11.2. The number of allylic oxidation sites excluding steroid dienone is 5. The van der Waals surface area contributed by atoms with Gasteiger partial charge in [-0.25, -0.2) is 0 Å². The molecule has 0 aromatic carbocycles. The van der Waals surface area contributed by atoms with Crippen molar-refractivity contribution in [2.24, 2.45) is 0 Å². The minimum atomic E-state index is -0.461. The molecule has 0 spiro atoms. The molecule has 4 heteroatoms. The largest absolute Gasteiger partial charge is 0.461 e. The Morgan fingerprint density at radius 2 is 1.78 bits per heavy atom. The molecule has 0 rings (SSSR count). The molecule has 122 valence electrons. The van der Waals surface area contributed by atoms with E-state index in [-0.39, 0.29) is 12.5 Å². The Morgan fingerprint density at radius 3 is 2.48 bits per heavy atom. The van der Waals surface area contributed by atoms with Gasteiger partial charge in [-0.15, -0.1) is 11.6 Å². The summed E-state index contributed by atoms with van der Waals surface area (Å²) in [6.45, 7) is 2.16. The van der Waals surface area contributed by atoms with E-state index in [2.05, 4.69) is 23.7 Å². The van der Waals surface area contributed by atoms with Crippen LogP contribution in [0.15, 0.2) is 36.5 Å². The fraction of sp³-hybridized carbons (Fsp3) is 0.368. The quantitative estimate of drug-likeness (QED) is 0.280. The number of hydrogen-bond acceptors (Lipinski definition) is 3. The van der Waals surface area contributed by atoms with Crippen LogP contribution < -0.4 is 0 Å². The number of rotatable bonds is 9. The van der Waals surface area contributed by atoms with Crippen LogP contribution in [0.4, 0.5) is 0 Å². The average Bonchev–Trinajstić information content (AvgIpc) is 2.55. The Morgan fingerprint density at radius 1 is 1.04 bits per heavy atom. The van der Waals surface area contributed by atoms with E-state index in [1.807, 2.05) is 19.1 Å². The molecule has 23 heavy (non-hydrogen) atoms. The molecule has 0 saturated carbocycles. The number of esters is 1. The first-order valence-electron chi connectivity index (χ1n) is 7.41. The van der Waals surface area contributed by atoms with E-state index >= 15 is 0 Å². The van der Waals surface area contributed by atoms with Crippen molar-refractivity contribution in [1.82, 2.24) is 0 Å². The van der Waals surface area contributed by atoms with E-state index in [0.29, 0.717) is 18.6 Å². The molecule has 0 unspecified atom stereocenters. The number of alkyl halides is 1. The van der Waals surface area contributed by atoms with Crippen molar-refractivity contribution in [3.05, 3.63) is 36.5 Å². The maximum absolute atomic E-state index is 11.3. The number of ketones is 1. The van der Waals surface area contributed by atoms with E-state index in [1.165, 1.54) is 0 Å². The van der Waals surface area contributed by atoms with Gasteiger partial charge in [0.15, 0.2) is 0 Å². The molecule has 0 radical (unpaired) electrons. The Labute approximate surface area is 143 Å². The molecule has 0 fully saturated rings. The van der Waals surface area contributed by atoms with Gasteiger partial charge in [0.2, 0.25) is 0 Å². The number of halogens is 1. The molecule has 0 heterocycles. The van der Waals surface area contributed by atoms with Crippen molar-refractivity contribution in [1.29, 1.82) is 0 Å². The zero-order chi connectivity index (χ0) is 17.2. The van der Waals surface area contributed by atoms with Crippen LogP contribution in [0.1, 0.15) is 32.6 Å². The third-order valence-electron chi connectivity index (χ3n) is 2.40. The third-order valence-corrected chi connectivity index (χ3v) is 2.62. The van der Waals surface area contributed by atoms with Crippen LogP contribution >= 0.6 is 11.6 Å². The van der Waals surface area contributed by atoms with Crippen molar-refractivity contribution < 1.29 is 14.3 Å². The second-order valence-electron chi connectivity index (χ2n) is 4.37. The SMILES string of the molecule is CCCC(=O)CC/C=C/C=C/C#CC#C/C=C/COC(=O)CCl. The van der Waals surface area contributed by atoms with E-state index < -0.39 is 5.97 Å². The number of Topliss-reactive ketones (excluding diaryl/α,β-unsaturated/α-hetero) is 1. The highest BCUT2D eigenvalue weighted by molar-refractivity contribution is 6.26. The molecule has 0 aliphatic carbocycles. The normalized spacial score (nSPS) is 10.3. The fourth-order valence-corrected chi connectivity index (χ4v) is 1.45. The summed E-state index contributed by atoms with van der Waals surface area (Å²) >= 11 is 5.26. The average molecular weight is 333 g/mol. The molecule has 0 aliphatic heterocycles. The molecular weight excluding hydrogens is 312 g/mol. The predicted molar refractivity (Wildman–Crippen MR) is 93.8 cm³/mol. The molecule has 0 N–H and O–H groups in total. The van der Waals surface area contributed by atoms with E-state index in [4.69, 9.17) is 16.3 Å². The van der Waals surface area contributed by atoms with Crippen molar-refractivity contribution in [3.8, 4) is 23.7 Å². The summed E-state index contributed by atoms with van der Waals surface area (Å²) in [6.07, 6.45) is 13.4. The van der Waals surface area contributed by atoms with Crippen LogP contribution in [0.25, 0.3) is 0 Å². The molecule has 0 atom stereocenters. The van der Waals surface area contributed by atoms with Crippen LogP contribution in [0.3, 0.4) is 0 Å². The van der Waals surface area contributed by atoms with Crippen LogP contribution in [0.5, 0.6) is 0 Å². The van der Waals surface area contributed by atoms with Crippen molar-refractivity contribution in [2.75, 3.05) is 12.5 Å². The summed E-state index contributed by atoms with van der Waals surface area (Å²) in [5.74, 6) is 10.4. The van der Waals surface area contributed by atoms with Gasteiger partial charge in [-0.1, -0.05) is 37.0 Å². The minimum Gasteiger partial charge on any atom is -0.461 e. The molecule has 0 bridgehead atoms. The lowest BCUT2D eigenvalue weighted by Gasteiger charge is -1.94. The van der Waals surface area contributed by atoms with Gasteiger partial charge in [0.1, 0.15) is 18.3 Å². The van der Waals surface area contributed by atoms with Crippen molar-refractivity contribution in [2.45, 2.75) is 32.6 Å². The van der Waals surface area contributed by atoms with Crippen LogP contribution in [-0.2, 0) is 14.3 Å². The van der Waals surface area contributed by atoms with E-state index in [9.17, 15) is 9.59 Å². The fourth-order valence-electron chi connectivity index (χ4n) is 1.37. The molecule has 0 saturated heterocycles. The minimum absolute atomic E-state index is 0.152. The van der Waals surface area contributed by atoms with Gasteiger partial charge in [0.25, 0.3) is 0 Å². The molecule has 0 aromatic heterocycles. The second kappa shape index (κ2) is 16.1. The maximum Gasteiger partial charge on any atom is 0.321 e. The summed E-state index contributed by atoms with van der Waals surface area (Å²) in [6, 6.07) is 0. The van der Waals surface area contributed by atoms with Crippen LogP contribution in [0.2, 0.25) is 0 Å². The van der Waals surface area contributed by atoms with Crippen LogP contribution in [0, 0.1) is 23.7 Å². The lowest BCUT2D eigenvalue weighted by molar-refractivity contribution is -0.139. The first-order valence-corrected chi connectivity index (χ1v) is 7.95. The van der Waals surface area contributed by atoms with E-state index in [0.717, 1.165) is 12.8 Å². The highest BCUT2D eigenvalue weighted by Gasteiger charge is 1.96. The number of hydrogen-bond donors (Lipinski definition) is 0. The number of carbonyl (C=O) groups is 2. The van der Waals surface area contributed by atoms with Gasteiger partial charge in [0.05, 0.1) is 0 Å². The predicted octanol–water partition coefficient (Wildman–Crippen LogP) is 3.59. The number of ether oxygens (including phenoxy) is 1. The van der Waals surface area contributed by atoms with Gasteiger partial charge in [0, 0.05) is 12.8 Å². The number of carbonyl (C=O) groups excluding carboxylic acids is 2. The van der Waals surface area contributed by atoms with Gasteiger partial charge in [-0.05, 0) is 42.9 Å². The van der Waals surface area contributed by atoms with Crippen LogP contribution in [-0.4, -0.2) is 24.2 Å². The van der Waals surface area contributed by atoms with Gasteiger partial charge in [-0.2, -0.15) is 0 Å². The topological polar surface area (TPSA) is 43.4 Å². The first kappa shape index (κ1) is 20.8. The third kappa shape index (κ3) is 16.0. The Bertz CT molecular complexity index is 563. The second-order valence-corrected chi connectivity index (χ2v) is 4.64. The molecular formula is C19H21ClO3. The zero-order valence-electron chi connectivity index (χ0n) is 13.3. The van der Waals surface area contributed by atoms with Gasteiger partial charge < -0.3 is 4.74 Å². The molecule has 0 aliphatic rings. The monoisotopic (exact) mass is 332 g/mol. The Balaban J connectivity index is 3.83. The highest BCUT2D eigenvalue weighted by atomic mass is 35.5. The van der Waals surface area contributed by atoms with E-state index in [1.54, 1.807) is 24.3 Å². The summed E-state index contributed by atoms with van der Waals surface area (Å²) in [7, 11) is 0. The standard InChI is InChI=1S/C19H21ClO3/c1-2-14-18(21)15-12-10-8-6-4-3-5-7-9-11-13-16-23-19(22)17-20/h4,6,8,10-11,13H,2,12,14-17H2,1H3/b6-4+,10-8+,13-11+. The molecule has 0 aromatic rings. The van der Waals surface area contributed by atoms with Crippen molar-refractivity contribution in [3.63, 3.8) is 0 Å². The molecule has 0 amide bonds. The summed E-state index contributed by atoms with van der Waals surface area (Å²) in [5.41, 5.74) is 0. The summed E-state index contributed by atoms with van der Waals surface area (Å²) in [5, 5.41) is 0. The lowest BCUT2D eigenvalue weighted by atomic mass is 10.1. The summed E-state index contributed by atoms with van der Waals surface area (Å²) < 4.78 is 4.71.